The van der Waals surface area contributed by atoms with E-state index in [9.17, 15) is 14.4 Å². The molecule has 0 rings (SSSR count). The van der Waals surface area contributed by atoms with Gasteiger partial charge in [0.25, 0.3) is 0 Å². The van der Waals surface area contributed by atoms with Crippen LogP contribution in [0.1, 0.15) is 34.1 Å². The summed E-state index contributed by atoms with van der Waals surface area (Å²) in [6.45, 7) is 6.97. The van der Waals surface area contributed by atoms with Gasteiger partial charge in [-0.25, -0.2) is 0 Å². The molecule has 0 aromatic heterocycles. The molecule has 0 radical (unpaired) electrons. The molecule has 2 amide bonds. The van der Waals surface area contributed by atoms with Crippen molar-refractivity contribution in [3.63, 3.8) is 0 Å². The Labute approximate surface area is 120 Å². The van der Waals surface area contributed by atoms with Crippen LogP contribution in [0.5, 0.6) is 0 Å². The molecular formula is C14H26N2O4. The first-order valence-corrected chi connectivity index (χ1v) is 6.82. The van der Waals surface area contributed by atoms with E-state index in [0.29, 0.717) is 6.42 Å². The van der Waals surface area contributed by atoms with Crippen molar-refractivity contribution in [1.82, 2.24) is 10.2 Å². The summed E-state index contributed by atoms with van der Waals surface area (Å²) < 4.78 is 0. The van der Waals surface area contributed by atoms with E-state index in [-0.39, 0.29) is 11.8 Å². The minimum Gasteiger partial charge on any atom is -0.481 e. The summed E-state index contributed by atoms with van der Waals surface area (Å²) in [6, 6.07) is -0.610. The summed E-state index contributed by atoms with van der Waals surface area (Å²) in [5.74, 6) is -2.83. The van der Waals surface area contributed by atoms with Crippen molar-refractivity contribution >= 4 is 17.8 Å². The lowest BCUT2D eigenvalue weighted by Crippen LogP contribution is -2.49. The van der Waals surface area contributed by atoms with E-state index in [2.05, 4.69) is 5.32 Å². The van der Waals surface area contributed by atoms with E-state index >= 15 is 0 Å². The number of carboxylic acids is 1. The molecule has 0 aromatic rings. The molecule has 6 heteroatoms. The molecular weight excluding hydrogens is 260 g/mol. The second-order valence-corrected chi connectivity index (χ2v) is 5.84. The number of carbonyl (C=O) groups is 3. The minimum atomic E-state index is -1.02. The van der Waals surface area contributed by atoms with E-state index in [4.69, 9.17) is 5.11 Å². The average molecular weight is 286 g/mol. The lowest BCUT2D eigenvalue weighted by molar-refractivity contribution is -0.146. The third-order valence-electron chi connectivity index (χ3n) is 3.32. The normalized spacial score (nSPS) is 15.3. The van der Waals surface area contributed by atoms with Gasteiger partial charge in [-0.15, -0.1) is 0 Å². The Bertz CT molecular complexity index is 366. The molecule has 20 heavy (non-hydrogen) atoms. The smallest absolute Gasteiger partial charge is 0.307 e. The molecule has 6 nitrogen and oxygen atoms in total. The van der Waals surface area contributed by atoms with Crippen molar-refractivity contribution < 1.29 is 19.5 Å². The lowest BCUT2D eigenvalue weighted by Gasteiger charge is -2.25. The summed E-state index contributed by atoms with van der Waals surface area (Å²) in [5, 5.41) is 11.6. The van der Waals surface area contributed by atoms with Crippen LogP contribution in [0.4, 0.5) is 0 Å². The summed E-state index contributed by atoms with van der Waals surface area (Å²) in [6.07, 6.45) is 0.525. The van der Waals surface area contributed by atoms with Gasteiger partial charge in [0.2, 0.25) is 11.8 Å². The highest BCUT2D eigenvalue weighted by Gasteiger charge is 2.30. The van der Waals surface area contributed by atoms with Crippen molar-refractivity contribution in [1.29, 1.82) is 0 Å². The first-order valence-electron chi connectivity index (χ1n) is 6.82. The van der Waals surface area contributed by atoms with E-state index < -0.39 is 29.8 Å². The van der Waals surface area contributed by atoms with Crippen molar-refractivity contribution in [2.45, 2.75) is 40.2 Å². The zero-order chi connectivity index (χ0) is 16.0. The minimum absolute atomic E-state index is 0.178. The molecule has 0 aliphatic heterocycles. The van der Waals surface area contributed by atoms with Crippen LogP contribution in [0.15, 0.2) is 0 Å². The van der Waals surface area contributed by atoms with Gasteiger partial charge in [0.15, 0.2) is 0 Å². The number of likely N-dealkylation sites (N-methyl/N-ethyl adjacent to an activating group) is 1. The predicted octanol–water partition coefficient (Wildman–Crippen LogP) is 0.962. The average Bonchev–Trinajstić information content (AvgIpc) is 2.34. The molecule has 3 unspecified atom stereocenters. The van der Waals surface area contributed by atoms with Crippen LogP contribution >= 0.6 is 0 Å². The standard InChI is InChI=1S/C14H26N2O4/c1-8(2)7-11(13(18)16(5)6)15-12(17)9(3)10(4)14(19)20/h8-11H,7H2,1-6H3,(H,15,17)(H,19,20). The largest absolute Gasteiger partial charge is 0.481 e. The molecule has 116 valence electrons. The number of aliphatic carboxylic acids is 1. The van der Waals surface area contributed by atoms with Crippen LogP contribution in [0, 0.1) is 17.8 Å². The van der Waals surface area contributed by atoms with Crippen LogP contribution in [-0.4, -0.2) is 47.9 Å². The van der Waals surface area contributed by atoms with Crippen molar-refractivity contribution in [2.24, 2.45) is 17.8 Å². The van der Waals surface area contributed by atoms with Crippen molar-refractivity contribution in [3.05, 3.63) is 0 Å². The van der Waals surface area contributed by atoms with Crippen molar-refractivity contribution in [2.75, 3.05) is 14.1 Å². The zero-order valence-electron chi connectivity index (χ0n) is 13.1. The van der Waals surface area contributed by atoms with Crippen LogP contribution in [-0.2, 0) is 14.4 Å². The van der Waals surface area contributed by atoms with Gasteiger partial charge in [-0.1, -0.05) is 27.7 Å². The lowest BCUT2D eigenvalue weighted by atomic mass is 9.94. The Morgan fingerprint density at radius 1 is 1.05 bits per heavy atom. The maximum absolute atomic E-state index is 12.1. The van der Waals surface area contributed by atoms with E-state index in [1.54, 1.807) is 21.0 Å². The monoisotopic (exact) mass is 286 g/mol. The number of amides is 2. The molecule has 0 fully saturated rings. The van der Waals surface area contributed by atoms with E-state index in [1.807, 2.05) is 13.8 Å². The van der Waals surface area contributed by atoms with Crippen LogP contribution in [0.3, 0.4) is 0 Å². The zero-order valence-corrected chi connectivity index (χ0v) is 13.1. The molecule has 2 N–H and O–H groups in total. The second-order valence-electron chi connectivity index (χ2n) is 5.84. The number of rotatable bonds is 7. The molecule has 0 aromatic carbocycles. The second kappa shape index (κ2) is 7.87. The fourth-order valence-electron chi connectivity index (χ4n) is 1.75. The molecule has 0 spiro atoms. The maximum atomic E-state index is 12.1. The molecule has 0 saturated carbocycles. The Hall–Kier alpha value is -1.59. The Morgan fingerprint density at radius 3 is 1.90 bits per heavy atom. The van der Waals surface area contributed by atoms with Crippen LogP contribution < -0.4 is 5.32 Å². The number of carbonyl (C=O) groups excluding carboxylic acids is 2. The summed E-state index contributed by atoms with van der Waals surface area (Å²) in [5.41, 5.74) is 0. The molecule has 3 atom stereocenters. The van der Waals surface area contributed by atoms with Crippen molar-refractivity contribution in [3.8, 4) is 0 Å². The molecule has 0 bridgehead atoms. The van der Waals surface area contributed by atoms with Crippen LogP contribution in [0.2, 0.25) is 0 Å². The molecule has 0 heterocycles. The third kappa shape index (κ3) is 5.59. The third-order valence-corrected chi connectivity index (χ3v) is 3.32. The number of nitrogens with one attached hydrogen (secondary N) is 1. The highest BCUT2D eigenvalue weighted by Crippen LogP contribution is 2.13. The number of nitrogens with zero attached hydrogens (tertiary/aromatic N) is 1. The van der Waals surface area contributed by atoms with Gasteiger partial charge in [-0.05, 0) is 12.3 Å². The van der Waals surface area contributed by atoms with E-state index in [1.165, 1.54) is 11.8 Å². The fraction of sp³-hybridized carbons (Fsp3) is 0.786. The Balaban J connectivity index is 4.85. The summed E-state index contributed by atoms with van der Waals surface area (Å²) in [7, 11) is 3.26. The van der Waals surface area contributed by atoms with Gasteiger partial charge in [0.05, 0.1) is 5.92 Å². The van der Waals surface area contributed by atoms with Gasteiger partial charge in [-0.2, -0.15) is 0 Å². The quantitative estimate of drug-likeness (QED) is 0.730. The van der Waals surface area contributed by atoms with Gasteiger partial charge in [0, 0.05) is 20.0 Å². The summed E-state index contributed by atoms with van der Waals surface area (Å²) >= 11 is 0. The number of hydrogen-bond acceptors (Lipinski definition) is 3. The number of hydrogen-bond donors (Lipinski definition) is 2. The van der Waals surface area contributed by atoms with Gasteiger partial charge in [0.1, 0.15) is 6.04 Å². The molecule has 0 aliphatic rings. The number of carboxylic acid groups (broad SMARTS) is 1. The molecule has 0 aliphatic carbocycles. The van der Waals surface area contributed by atoms with Crippen LogP contribution in [0.25, 0.3) is 0 Å². The Kier molecular flexibility index (Phi) is 7.24. The predicted molar refractivity (Wildman–Crippen MR) is 76.0 cm³/mol. The highest BCUT2D eigenvalue weighted by molar-refractivity contribution is 5.90. The summed E-state index contributed by atoms with van der Waals surface area (Å²) in [4.78, 5) is 36.4. The van der Waals surface area contributed by atoms with Gasteiger partial charge >= 0.3 is 5.97 Å². The first-order chi connectivity index (χ1) is 9.07. The first kappa shape index (κ1) is 18.4. The fourth-order valence-corrected chi connectivity index (χ4v) is 1.75. The SMILES string of the molecule is CC(C)CC(NC(=O)C(C)C(C)C(=O)O)C(=O)N(C)C. The van der Waals surface area contributed by atoms with Gasteiger partial charge in [-0.3, -0.25) is 14.4 Å². The van der Waals surface area contributed by atoms with E-state index in [0.717, 1.165) is 0 Å². The topological polar surface area (TPSA) is 86.7 Å². The molecule has 0 saturated heterocycles. The van der Waals surface area contributed by atoms with Gasteiger partial charge < -0.3 is 15.3 Å². The maximum Gasteiger partial charge on any atom is 0.307 e. The Morgan fingerprint density at radius 2 is 1.55 bits per heavy atom. The highest BCUT2D eigenvalue weighted by atomic mass is 16.4.